The third-order valence-electron chi connectivity index (χ3n) is 9.48. The molecule has 1 N–H and O–H groups in total. The molecule has 3 aliphatic heterocycles. The SMILES string of the molecule is C=CCCCOC(=O)[C@@H]1[C@H]2C(=O)N(CCCCCCO)C(C(=O)N(CC=C)C3CCCCC3)C23S[C@@H]1CC3C. The van der Waals surface area contributed by atoms with Crippen LogP contribution in [0, 0.1) is 17.8 Å². The van der Waals surface area contributed by atoms with E-state index in [1.807, 2.05) is 22.0 Å². The molecule has 0 aromatic heterocycles. The van der Waals surface area contributed by atoms with Crippen molar-refractivity contribution >= 4 is 29.5 Å². The number of unbranched alkanes of at least 4 members (excludes halogenated alkanes) is 4. The van der Waals surface area contributed by atoms with E-state index < -0.39 is 22.6 Å². The number of aliphatic hydroxyl groups is 1. The fourth-order valence-electron chi connectivity index (χ4n) is 7.66. The molecule has 3 unspecified atom stereocenters. The van der Waals surface area contributed by atoms with E-state index in [-0.39, 0.29) is 41.6 Å². The molecule has 3 heterocycles. The first-order chi connectivity index (χ1) is 18.9. The lowest BCUT2D eigenvalue weighted by Crippen LogP contribution is -2.59. The second-order valence-electron chi connectivity index (χ2n) is 11.9. The third-order valence-corrected chi connectivity index (χ3v) is 11.6. The van der Waals surface area contributed by atoms with Crippen molar-refractivity contribution in [2.75, 3.05) is 26.3 Å². The smallest absolute Gasteiger partial charge is 0.310 e. The van der Waals surface area contributed by atoms with E-state index in [1.54, 1.807) is 11.8 Å². The Morgan fingerprint density at radius 3 is 2.56 bits per heavy atom. The number of carbonyl (C=O) groups is 3. The first-order valence-corrected chi connectivity index (χ1v) is 16.1. The van der Waals surface area contributed by atoms with E-state index >= 15 is 0 Å². The number of likely N-dealkylation sites (tertiary alicyclic amines) is 1. The molecule has 8 heteroatoms. The molecule has 1 spiro atoms. The molecule has 2 amide bonds. The van der Waals surface area contributed by atoms with Gasteiger partial charge in [0, 0.05) is 31.0 Å². The zero-order valence-corrected chi connectivity index (χ0v) is 24.5. The van der Waals surface area contributed by atoms with Gasteiger partial charge in [-0.1, -0.05) is 51.2 Å². The first kappa shape index (κ1) is 30.2. The van der Waals surface area contributed by atoms with Crippen LogP contribution in [0.5, 0.6) is 0 Å². The van der Waals surface area contributed by atoms with Crippen molar-refractivity contribution in [2.24, 2.45) is 17.8 Å². The monoisotopic (exact) mass is 560 g/mol. The molecule has 0 aromatic carbocycles. The van der Waals surface area contributed by atoms with Crippen molar-refractivity contribution in [2.45, 2.75) is 106 Å². The summed E-state index contributed by atoms with van der Waals surface area (Å²) in [7, 11) is 0. The summed E-state index contributed by atoms with van der Waals surface area (Å²) in [6.45, 7) is 11.3. The Morgan fingerprint density at radius 2 is 1.87 bits per heavy atom. The Kier molecular flexibility index (Phi) is 10.6. The van der Waals surface area contributed by atoms with Crippen LogP contribution in [-0.4, -0.2) is 81.1 Å². The number of ether oxygens (including phenoxy) is 1. The zero-order chi connectivity index (χ0) is 28.0. The van der Waals surface area contributed by atoms with Crippen LogP contribution in [0.2, 0.25) is 0 Å². The van der Waals surface area contributed by atoms with Gasteiger partial charge < -0.3 is 19.6 Å². The summed E-state index contributed by atoms with van der Waals surface area (Å²) < 4.78 is 5.10. The van der Waals surface area contributed by atoms with Gasteiger partial charge in [-0.05, 0) is 50.9 Å². The molecule has 1 aliphatic carbocycles. The maximum atomic E-state index is 14.6. The molecule has 4 aliphatic rings. The maximum Gasteiger partial charge on any atom is 0.310 e. The lowest BCUT2D eigenvalue weighted by atomic mass is 9.66. The van der Waals surface area contributed by atoms with E-state index in [4.69, 9.17) is 4.74 Å². The number of hydrogen-bond donors (Lipinski definition) is 1. The number of hydrogen-bond acceptors (Lipinski definition) is 6. The van der Waals surface area contributed by atoms with Crippen LogP contribution in [0.25, 0.3) is 0 Å². The first-order valence-electron chi connectivity index (χ1n) is 15.2. The Morgan fingerprint density at radius 1 is 1.13 bits per heavy atom. The van der Waals surface area contributed by atoms with Crippen molar-refractivity contribution in [1.82, 2.24) is 9.80 Å². The predicted molar refractivity (Wildman–Crippen MR) is 155 cm³/mol. The highest BCUT2D eigenvalue weighted by molar-refractivity contribution is 8.02. The van der Waals surface area contributed by atoms with Crippen molar-refractivity contribution in [1.29, 1.82) is 0 Å². The van der Waals surface area contributed by atoms with Crippen LogP contribution < -0.4 is 0 Å². The summed E-state index contributed by atoms with van der Waals surface area (Å²) in [4.78, 5) is 46.2. The number of nitrogens with zero attached hydrogens (tertiary/aromatic N) is 2. The van der Waals surface area contributed by atoms with E-state index in [1.165, 1.54) is 6.42 Å². The van der Waals surface area contributed by atoms with Crippen LogP contribution in [0.15, 0.2) is 25.3 Å². The second-order valence-corrected chi connectivity index (χ2v) is 13.4. The molecule has 7 nitrogen and oxygen atoms in total. The molecule has 4 rings (SSSR count). The molecular formula is C31H48N2O5S. The Bertz CT molecular complexity index is 905. The van der Waals surface area contributed by atoms with Crippen molar-refractivity contribution in [3.05, 3.63) is 25.3 Å². The Balaban J connectivity index is 1.64. The van der Waals surface area contributed by atoms with Crippen LogP contribution in [0.4, 0.5) is 0 Å². The number of rotatable bonds is 15. The lowest BCUT2D eigenvalue weighted by Gasteiger charge is -2.43. The maximum absolute atomic E-state index is 14.6. The molecule has 0 aromatic rings. The van der Waals surface area contributed by atoms with Gasteiger partial charge in [-0.25, -0.2) is 0 Å². The summed E-state index contributed by atoms with van der Waals surface area (Å²) in [5, 5.41) is 9.18. The van der Waals surface area contributed by atoms with Crippen LogP contribution in [0.3, 0.4) is 0 Å². The normalized spacial score (nSPS) is 31.8. The largest absolute Gasteiger partial charge is 0.465 e. The minimum Gasteiger partial charge on any atom is -0.465 e. The minimum absolute atomic E-state index is 0.00499. The van der Waals surface area contributed by atoms with Crippen molar-refractivity contribution in [3.8, 4) is 0 Å². The van der Waals surface area contributed by atoms with E-state index in [2.05, 4.69) is 20.1 Å². The van der Waals surface area contributed by atoms with Crippen LogP contribution in [0.1, 0.15) is 84.0 Å². The number of fused-ring (bicyclic) bond motifs is 1. The predicted octanol–water partition coefficient (Wildman–Crippen LogP) is 4.73. The molecule has 4 fully saturated rings. The quantitative estimate of drug-likeness (QED) is 0.177. The molecule has 2 bridgehead atoms. The topological polar surface area (TPSA) is 87.1 Å². The summed E-state index contributed by atoms with van der Waals surface area (Å²) in [5.41, 5.74) is 0. The van der Waals surface area contributed by atoms with Gasteiger partial charge in [0.2, 0.25) is 11.8 Å². The van der Waals surface area contributed by atoms with Gasteiger partial charge in [-0.15, -0.1) is 24.9 Å². The van der Waals surface area contributed by atoms with Gasteiger partial charge in [0.15, 0.2) is 0 Å². The van der Waals surface area contributed by atoms with Crippen molar-refractivity contribution < 1.29 is 24.2 Å². The molecule has 6 atom stereocenters. The Hall–Kier alpha value is -1.80. The zero-order valence-electron chi connectivity index (χ0n) is 23.7. The fraction of sp³-hybridized carbons (Fsp3) is 0.774. The summed E-state index contributed by atoms with van der Waals surface area (Å²) in [6, 6.07) is -0.399. The Labute approximate surface area is 238 Å². The molecule has 39 heavy (non-hydrogen) atoms. The molecule has 0 radical (unpaired) electrons. The molecule has 1 saturated carbocycles. The van der Waals surface area contributed by atoms with Crippen LogP contribution in [-0.2, 0) is 19.1 Å². The lowest BCUT2D eigenvalue weighted by molar-refractivity contribution is -0.154. The highest BCUT2D eigenvalue weighted by Gasteiger charge is 2.76. The summed E-state index contributed by atoms with van der Waals surface area (Å²) in [5.74, 6) is -1.17. The van der Waals surface area contributed by atoms with E-state index in [9.17, 15) is 19.5 Å². The average molecular weight is 561 g/mol. The highest BCUT2D eigenvalue weighted by Crippen LogP contribution is 2.68. The van der Waals surface area contributed by atoms with Crippen LogP contribution >= 0.6 is 11.8 Å². The van der Waals surface area contributed by atoms with E-state index in [0.29, 0.717) is 19.7 Å². The standard InChI is InChI=1S/C31H48N2O5S/c1-4-6-14-20-38-30(37)25-24-21-22(3)31(39-24)26(25)28(35)33(18-12-7-8-13-19-34)27(31)29(36)32(17-5-2)23-15-10-9-11-16-23/h4-5,22-27,34H,1-2,6-21H2,3H3/t22?,24-,25+,26+,27?,31?/m1/s1. The number of thioether (sulfide) groups is 1. The van der Waals surface area contributed by atoms with Gasteiger partial charge in [0.1, 0.15) is 6.04 Å². The number of amides is 2. The molecular weight excluding hydrogens is 512 g/mol. The van der Waals surface area contributed by atoms with Crippen molar-refractivity contribution in [3.63, 3.8) is 0 Å². The van der Waals surface area contributed by atoms with Gasteiger partial charge in [-0.2, -0.15) is 0 Å². The minimum atomic E-state index is -0.608. The third kappa shape index (κ3) is 5.83. The second kappa shape index (κ2) is 13.7. The molecule has 218 valence electrons. The molecule has 3 saturated heterocycles. The number of allylic oxidation sites excluding steroid dienone is 1. The highest BCUT2D eigenvalue weighted by atomic mass is 32.2. The van der Waals surface area contributed by atoms with Gasteiger partial charge in [0.05, 0.1) is 23.2 Å². The average Bonchev–Trinajstić information content (AvgIpc) is 3.53. The number of aliphatic hydroxyl groups excluding tert-OH is 1. The number of esters is 1. The summed E-state index contributed by atoms with van der Waals surface area (Å²) in [6.07, 6.45) is 14.7. The summed E-state index contributed by atoms with van der Waals surface area (Å²) >= 11 is 1.73. The van der Waals surface area contributed by atoms with Gasteiger partial charge in [0.25, 0.3) is 0 Å². The van der Waals surface area contributed by atoms with Gasteiger partial charge in [-0.3, -0.25) is 14.4 Å². The van der Waals surface area contributed by atoms with Gasteiger partial charge >= 0.3 is 5.97 Å². The fourth-order valence-corrected chi connectivity index (χ4v) is 10.1. The van der Waals surface area contributed by atoms with E-state index in [0.717, 1.165) is 70.6 Å². The number of carbonyl (C=O) groups excluding carboxylic acids is 3.